The van der Waals surface area contributed by atoms with Crippen molar-refractivity contribution in [1.82, 2.24) is 5.48 Å². The van der Waals surface area contributed by atoms with Crippen LogP contribution in [0.25, 0.3) is 0 Å². The first-order chi connectivity index (χ1) is 17.7. The second-order valence-corrected chi connectivity index (χ2v) is 16.0. The Morgan fingerprint density at radius 3 is 1.62 bits per heavy atom. The highest BCUT2D eigenvalue weighted by molar-refractivity contribution is 6.74. The second-order valence-electron chi connectivity index (χ2n) is 11.2. The molecule has 0 aromatic heterocycles. The molecule has 0 unspecified atom stereocenters. The highest BCUT2D eigenvalue weighted by atomic mass is 28.4. The molecule has 5 heteroatoms. The Morgan fingerprint density at radius 2 is 1.14 bits per heavy atom. The number of unbranched alkanes of at least 4 members (excludes halogenated alkanes) is 3. The first-order valence-electron chi connectivity index (χ1n) is 13.5. The van der Waals surface area contributed by atoms with E-state index in [1.54, 1.807) is 7.11 Å². The van der Waals surface area contributed by atoms with Gasteiger partial charge in [0.1, 0.15) is 11.3 Å². The Labute approximate surface area is 225 Å². The highest BCUT2D eigenvalue weighted by Crippen LogP contribution is 2.38. The molecule has 3 aromatic rings. The minimum Gasteiger partial charge on any atom is -0.497 e. The van der Waals surface area contributed by atoms with E-state index in [9.17, 15) is 0 Å². The third kappa shape index (κ3) is 7.54. The fraction of sp³-hybridized carbons (Fsp3) is 0.438. The fourth-order valence-corrected chi connectivity index (χ4v) is 5.31. The van der Waals surface area contributed by atoms with Crippen LogP contribution < -0.4 is 10.2 Å². The van der Waals surface area contributed by atoms with Crippen LogP contribution in [0.4, 0.5) is 0 Å². The van der Waals surface area contributed by atoms with Crippen molar-refractivity contribution in [3.8, 4) is 5.75 Å². The summed E-state index contributed by atoms with van der Waals surface area (Å²) in [6, 6.07) is 29.2. The lowest BCUT2D eigenvalue weighted by Gasteiger charge is -2.36. The summed E-state index contributed by atoms with van der Waals surface area (Å²) in [6.45, 7) is 13.0. The maximum atomic E-state index is 6.32. The summed E-state index contributed by atoms with van der Waals surface area (Å²) in [5.74, 6) is 0.831. The van der Waals surface area contributed by atoms with Gasteiger partial charge in [0.2, 0.25) is 0 Å². The molecule has 0 spiro atoms. The zero-order valence-electron chi connectivity index (χ0n) is 23.6. The van der Waals surface area contributed by atoms with Gasteiger partial charge in [-0.15, -0.1) is 0 Å². The standard InChI is InChI=1S/C32H45NO3Si/c1-31(2,3)37(5,6)36-26-16-8-7-15-25-35-33-32(27-17-11-9-12-18-27,28-19-13-10-14-20-28)29-21-23-30(34-4)24-22-29/h9-14,17-24,33H,7-8,15-16,25-26H2,1-6H3. The van der Waals surface area contributed by atoms with E-state index in [4.69, 9.17) is 14.0 Å². The van der Waals surface area contributed by atoms with Crippen molar-refractivity contribution in [2.75, 3.05) is 20.3 Å². The molecule has 0 radical (unpaired) electrons. The van der Waals surface area contributed by atoms with Crippen molar-refractivity contribution in [3.63, 3.8) is 0 Å². The van der Waals surface area contributed by atoms with E-state index >= 15 is 0 Å². The van der Waals surface area contributed by atoms with Gasteiger partial charge in [-0.2, -0.15) is 5.48 Å². The number of hydrogen-bond acceptors (Lipinski definition) is 4. The summed E-state index contributed by atoms with van der Waals surface area (Å²) >= 11 is 0. The number of nitrogens with one attached hydrogen (secondary N) is 1. The number of benzene rings is 3. The minimum atomic E-state index is -1.65. The zero-order valence-corrected chi connectivity index (χ0v) is 24.6. The Bertz CT molecular complexity index is 1010. The summed E-state index contributed by atoms with van der Waals surface area (Å²) in [7, 11) is 0.0395. The molecule has 0 aliphatic rings. The van der Waals surface area contributed by atoms with Gasteiger partial charge in [-0.25, -0.2) is 0 Å². The van der Waals surface area contributed by atoms with Gasteiger partial charge < -0.3 is 14.0 Å². The van der Waals surface area contributed by atoms with Crippen LogP contribution in [0.5, 0.6) is 5.75 Å². The number of hydroxylamine groups is 1. The molecule has 1 N–H and O–H groups in total. The fourth-order valence-electron chi connectivity index (χ4n) is 4.23. The molecular formula is C32H45NO3Si. The van der Waals surface area contributed by atoms with Gasteiger partial charge >= 0.3 is 0 Å². The second kappa shape index (κ2) is 13.4. The summed E-state index contributed by atoms with van der Waals surface area (Å²) in [5, 5.41) is 0.264. The topological polar surface area (TPSA) is 39.7 Å². The van der Waals surface area contributed by atoms with E-state index < -0.39 is 13.9 Å². The van der Waals surface area contributed by atoms with Crippen LogP contribution in [-0.4, -0.2) is 28.6 Å². The Balaban J connectivity index is 1.65. The van der Waals surface area contributed by atoms with Crippen LogP contribution in [0.15, 0.2) is 84.9 Å². The van der Waals surface area contributed by atoms with Gasteiger partial charge in [-0.1, -0.05) is 106 Å². The molecule has 3 aromatic carbocycles. The summed E-state index contributed by atoms with van der Waals surface area (Å²) in [5.41, 5.74) is 6.18. The van der Waals surface area contributed by atoms with E-state index in [0.29, 0.717) is 6.61 Å². The molecule has 0 fully saturated rings. The molecule has 4 nitrogen and oxygen atoms in total. The van der Waals surface area contributed by atoms with Crippen LogP contribution in [0.1, 0.15) is 63.1 Å². The maximum absolute atomic E-state index is 6.32. The molecule has 0 saturated heterocycles. The van der Waals surface area contributed by atoms with Crippen LogP contribution in [-0.2, 0) is 14.8 Å². The van der Waals surface area contributed by atoms with Gasteiger partial charge in [0.25, 0.3) is 0 Å². The molecule has 0 bridgehead atoms. The van der Waals surface area contributed by atoms with E-state index in [0.717, 1.165) is 54.7 Å². The molecule has 0 aliphatic carbocycles. The largest absolute Gasteiger partial charge is 0.497 e. The molecule has 3 rings (SSSR count). The average molecular weight is 520 g/mol. The molecule has 0 saturated carbocycles. The molecule has 37 heavy (non-hydrogen) atoms. The van der Waals surface area contributed by atoms with Crippen LogP contribution >= 0.6 is 0 Å². The van der Waals surface area contributed by atoms with Crippen molar-refractivity contribution in [2.45, 2.75) is 70.1 Å². The lowest BCUT2D eigenvalue weighted by atomic mass is 9.78. The third-order valence-electron chi connectivity index (χ3n) is 7.57. The smallest absolute Gasteiger partial charge is 0.191 e. The SMILES string of the molecule is COc1ccc(C(NOCCCCCCO[Si](C)(C)C(C)(C)C)(c2ccccc2)c2ccccc2)cc1. The van der Waals surface area contributed by atoms with Gasteiger partial charge in [-0.3, -0.25) is 0 Å². The zero-order chi connectivity index (χ0) is 26.8. The Morgan fingerprint density at radius 1 is 0.649 bits per heavy atom. The van der Waals surface area contributed by atoms with Crippen molar-refractivity contribution >= 4 is 8.32 Å². The molecular weight excluding hydrogens is 474 g/mol. The first-order valence-corrected chi connectivity index (χ1v) is 16.4. The van der Waals surface area contributed by atoms with Crippen LogP contribution in [0.2, 0.25) is 18.1 Å². The molecule has 0 atom stereocenters. The molecule has 0 amide bonds. The maximum Gasteiger partial charge on any atom is 0.191 e. The van der Waals surface area contributed by atoms with Crippen LogP contribution in [0, 0.1) is 0 Å². The lowest BCUT2D eigenvalue weighted by molar-refractivity contribution is -0.00151. The van der Waals surface area contributed by atoms with Gasteiger partial charge in [0, 0.05) is 6.61 Å². The monoisotopic (exact) mass is 519 g/mol. The Kier molecular flexibility index (Phi) is 10.5. The average Bonchev–Trinajstić information content (AvgIpc) is 2.90. The summed E-state index contributed by atoms with van der Waals surface area (Å²) < 4.78 is 11.7. The minimum absolute atomic E-state index is 0.264. The van der Waals surface area contributed by atoms with Crippen molar-refractivity contribution in [3.05, 3.63) is 102 Å². The predicted octanol–water partition coefficient (Wildman–Crippen LogP) is 8.09. The van der Waals surface area contributed by atoms with E-state index in [1.165, 1.54) is 0 Å². The molecule has 200 valence electrons. The van der Waals surface area contributed by atoms with E-state index in [-0.39, 0.29) is 5.04 Å². The van der Waals surface area contributed by atoms with Crippen LogP contribution in [0.3, 0.4) is 0 Å². The number of ether oxygens (including phenoxy) is 1. The first kappa shape index (κ1) is 29.1. The quantitative estimate of drug-likeness (QED) is 0.101. The van der Waals surface area contributed by atoms with Gasteiger partial charge in [0.15, 0.2) is 8.32 Å². The Hall–Kier alpha value is -2.44. The molecule has 0 aliphatic heterocycles. The van der Waals surface area contributed by atoms with E-state index in [2.05, 4.69) is 100 Å². The number of methoxy groups -OCH3 is 1. The lowest BCUT2D eigenvalue weighted by Crippen LogP contribution is -2.44. The highest BCUT2D eigenvalue weighted by Gasteiger charge is 2.37. The van der Waals surface area contributed by atoms with Gasteiger partial charge in [-0.05, 0) is 59.8 Å². The number of rotatable bonds is 14. The van der Waals surface area contributed by atoms with Crippen molar-refractivity contribution in [2.24, 2.45) is 0 Å². The molecule has 0 heterocycles. The normalized spacial score (nSPS) is 12.5. The van der Waals surface area contributed by atoms with E-state index in [1.807, 2.05) is 24.3 Å². The third-order valence-corrected chi connectivity index (χ3v) is 12.1. The summed E-state index contributed by atoms with van der Waals surface area (Å²) in [4.78, 5) is 6.22. The summed E-state index contributed by atoms with van der Waals surface area (Å²) in [6.07, 6.45) is 4.37. The van der Waals surface area contributed by atoms with Crippen molar-refractivity contribution < 1.29 is 14.0 Å². The predicted molar refractivity (Wildman–Crippen MR) is 156 cm³/mol. The van der Waals surface area contributed by atoms with Gasteiger partial charge in [0.05, 0.1) is 13.7 Å². The number of hydrogen-bond donors (Lipinski definition) is 1. The van der Waals surface area contributed by atoms with Crippen molar-refractivity contribution in [1.29, 1.82) is 0 Å².